The Morgan fingerprint density at radius 1 is 1.47 bits per heavy atom. The van der Waals surface area contributed by atoms with Crippen LogP contribution < -0.4 is 9.88 Å². The summed E-state index contributed by atoms with van der Waals surface area (Å²) in [5.41, 5.74) is 0. The van der Waals surface area contributed by atoms with Crippen molar-refractivity contribution in [3.8, 4) is 5.75 Å². The van der Waals surface area contributed by atoms with Gasteiger partial charge in [0.1, 0.15) is 3.70 Å². The number of halogens is 1. The van der Waals surface area contributed by atoms with Crippen LogP contribution in [0.2, 0.25) is 0 Å². The van der Waals surface area contributed by atoms with Crippen molar-refractivity contribution in [3.05, 3.63) is 15.8 Å². The van der Waals surface area contributed by atoms with Crippen molar-refractivity contribution in [3.63, 3.8) is 0 Å². The molecule has 0 saturated heterocycles. The number of nitrogens with two attached hydrogens (primary N) is 1. The molecule has 1 saturated carbocycles. The number of pyridine rings is 1. The normalized spacial score (nSPS) is 16.4. The fourth-order valence-electron chi connectivity index (χ4n) is 1.02. The van der Waals surface area contributed by atoms with E-state index in [9.17, 15) is 8.42 Å². The van der Waals surface area contributed by atoms with Crippen molar-refractivity contribution in [2.75, 3.05) is 0 Å². The van der Waals surface area contributed by atoms with Crippen molar-refractivity contribution < 1.29 is 13.2 Å². The van der Waals surface area contributed by atoms with Crippen LogP contribution in [0.4, 0.5) is 0 Å². The van der Waals surface area contributed by atoms with E-state index >= 15 is 0 Å². The van der Waals surface area contributed by atoms with Crippen LogP contribution in [-0.4, -0.2) is 19.5 Å². The van der Waals surface area contributed by atoms with Crippen LogP contribution in [0.25, 0.3) is 0 Å². The van der Waals surface area contributed by atoms with Crippen LogP contribution in [-0.2, 0) is 10.0 Å². The Morgan fingerprint density at radius 3 is 2.60 bits per heavy atom. The average molecular weight is 340 g/mol. The highest BCUT2D eigenvalue weighted by Gasteiger charge is 2.25. The maximum absolute atomic E-state index is 11.0. The summed E-state index contributed by atoms with van der Waals surface area (Å²) < 4.78 is 28.0. The summed E-state index contributed by atoms with van der Waals surface area (Å²) in [7, 11) is -3.73. The van der Waals surface area contributed by atoms with Crippen molar-refractivity contribution >= 4 is 32.6 Å². The van der Waals surface area contributed by atoms with Crippen LogP contribution >= 0.6 is 22.6 Å². The van der Waals surface area contributed by atoms with Gasteiger partial charge in [-0.2, -0.15) is 0 Å². The molecule has 1 heterocycles. The molecule has 0 amide bonds. The molecule has 2 N–H and O–H groups in total. The van der Waals surface area contributed by atoms with Crippen LogP contribution in [0.1, 0.15) is 12.8 Å². The molecule has 0 radical (unpaired) electrons. The second kappa shape index (κ2) is 3.87. The molecule has 5 nitrogen and oxygen atoms in total. The van der Waals surface area contributed by atoms with Crippen molar-refractivity contribution in [1.29, 1.82) is 0 Å². The second-order valence-corrected chi connectivity index (χ2v) is 5.83. The van der Waals surface area contributed by atoms with Gasteiger partial charge < -0.3 is 4.74 Å². The third-order valence-corrected chi connectivity index (χ3v) is 3.48. The predicted octanol–water partition coefficient (Wildman–Crippen LogP) is 0.875. The van der Waals surface area contributed by atoms with Crippen molar-refractivity contribution in [2.24, 2.45) is 5.14 Å². The number of aromatic nitrogens is 1. The number of rotatable bonds is 3. The summed E-state index contributed by atoms with van der Waals surface area (Å²) in [6.45, 7) is 0. The number of nitrogens with zero attached hydrogens (tertiary/aromatic N) is 1. The van der Waals surface area contributed by atoms with E-state index in [0.717, 1.165) is 12.8 Å². The second-order valence-electron chi connectivity index (χ2n) is 3.30. The van der Waals surface area contributed by atoms with Crippen LogP contribution in [0.3, 0.4) is 0 Å². The molecule has 2 rings (SSSR count). The molecule has 82 valence electrons. The Morgan fingerprint density at radius 2 is 2.13 bits per heavy atom. The molecule has 0 unspecified atom stereocenters. The minimum absolute atomic E-state index is 0.130. The Labute approximate surface area is 101 Å². The lowest BCUT2D eigenvalue weighted by Crippen LogP contribution is -2.14. The summed E-state index contributed by atoms with van der Waals surface area (Å²) >= 11 is 1.93. The van der Waals surface area contributed by atoms with E-state index in [2.05, 4.69) is 4.98 Å². The van der Waals surface area contributed by atoms with Gasteiger partial charge in [-0.25, -0.2) is 18.5 Å². The molecule has 1 aliphatic rings. The smallest absolute Gasteiger partial charge is 0.255 e. The summed E-state index contributed by atoms with van der Waals surface area (Å²) in [4.78, 5) is 3.87. The van der Waals surface area contributed by atoms with Gasteiger partial charge in [0.05, 0.1) is 6.10 Å². The molecule has 0 bridgehead atoms. The zero-order valence-corrected chi connectivity index (χ0v) is 10.7. The summed E-state index contributed by atoms with van der Waals surface area (Å²) in [6, 6.07) is 2.95. The number of ether oxygens (including phenoxy) is 1. The first-order valence-corrected chi connectivity index (χ1v) is 6.95. The minimum Gasteiger partial charge on any atom is -0.488 e. The molecule has 1 aromatic rings. The monoisotopic (exact) mass is 340 g/mol. The maximum Gasteiger partial charge on any atom is 0.255 e. The topological polar surface area (TPSA) is 82.3 Å². The van der Waals surface area contributed by atoms with Gasteiger partial charge in [-0.05, 0) is 47.6 Å². The highest BCUT2D eigenvalue weighted by atomic mass is 127. The van der Waals surface area contributed by atoms with E-state index in [1.165, 1.54) is 6.07 Å². The Hall–Kier alpha value is -0.410. The van der Waals surface area contributed by atoms with Gasteiger partial charge in [0.25, 0.3) is 10.0 Å². The molecule has 0 aliphatic heterocycles. The molecular formula is C8H9IN2O3S. The van der Waals surface area contributed by atoms with Gasteiger partial charge in [-0.1, -0.05) is 0 Å². The van der Waals surface area contributed by atoms with Crippen molar-refractivity contribution in [1.82, 2.24) is 4.98 Å². The van der Waals surface area contributed by atoms with E-state index in [-0.39, 0.29) is 11.1 Å². The largest absolute Gasteiger partial charge is 0.488 e. The van der Waals surface area contributed by atoms with Gasteiger partial charge in [-0.15, -0.1) is 0 Å². The lowest BCUT2D eigenvalue weighted by atomic mass is 10.5. The fraction of sp³-hybridized carbons (Fsp3) is 0.375. The highest BCUT2D eigenvalue weighted by Crippen LogP contribution is 2.29. The first-order chi connectivity index (χ1) is 6.97. The number of sulfonamides is 1. The standard InChI is InChI=1S/C8H9IN2O3S/c9-8-6(14-5-1-2-5)3-4-7(11-8)15(10,12)13/h3-5H,1-2H2,(H2,10,12,13). The van der Waals surface area contributed by atoms with Crippen LogP contribution in [0, 0.1) is 3.70 Å². The lowest BCUT2D eigenvalue weighted by Gasteiger charge is -2.06. The molecular weight excluding hydrogens is 331 g/mol. The zero-order valence-electron chi connectivity index (χ0n) is 7.68. The van der Waals surface area contributed by atoms with Crippen molar-refractivity contribution in [2.45, 2.75) is 24.0 Å². The SMILES string of the molecule is NS(=O)(=O)c1ccc(OC2CC2)c(I)n1. The first kappa shape index (κ1) is 11.1. The number of hydrogen-bond acceptors (Lipinski definition) is 4. The van der Waals surface area contributed by atoms with Crippen LogP contribution in [0.15, 0.2) is 17.2 Å². The molecule has 0 spiro atoms. The fourth-order valence-corrected chi connectivity index (χ4v) is 2.22. The van der Waals surface area contributed by atoms with E-state index < -0.39 is 10.0 Å². The number of hydrogen-bond donors (Lipinski definition) is 1. The summed E-state index contributed by atoms with van der Waals surface area (Å²) in [5, 5.41) is 4.83. The number of primary sulfonamides is 1. The average Bonchev–Trinajstić information content (AvgIpc) is 2.90. The molecule has 7 heteroatoms. The molecule has 1 aromatic heterocycles. The zero-order chi connectivity index (χ0) is 11.1. The molecule has 15 heavy (non-hydrogen) atoms. The maximum atomic E-state index is 11.0. The van der Waals surface area contributed by atoms with Gasteiger partial charge in [0.2, 0.25) is 0 Å². The molecule has 0 aromatic carbocycles. The van der Waals surface area contributed by atoms with E-state index in [1.807, 2.05) is 22.6 Å². The van der Waals surface area contributed by atoms with Gasteiger partial charge >= 0.3 is 0 Å². The minimum atomic E-state index is -3.73. The highest BCUT2D eigenvalue weighted by molar-refractivity contribution is 14.1. The Kier molecular flexibility index (Phi) is 2.86. The van der Waals surface area contributed by atoms with E-state index in [0.29, 0.717) is 9.45 Å². The lowest BCUT2D eigenvalue weighted by molar-refractivity contribution is 0.299. The van der Waals surface area contributed by atoms with Gasteiger partial charge in [0, 0.05) is 0 Å². The quantitative estimate of drug-likeness (QED) is 0.654. The molecule has 1 aliphatic carbocycles. The van der Waals surface area contributed by atoms with E-state index in [1.54, 1.807) is 6.07 Å². The van der Waals surface area contributed by atoms with Crippen LogP contribution in [0.5, 0.6) is 5.75 Å². The van der Waals surface area contributed by atoms with E-state index in [4.69, 9.17) is 9.88 Å². The third-order valence-electron chi connectivity index (χ3n) is 1.90. The predicted molar refractivity (Wildman–Crippen MR) is 62.0 cm³/mol. The Balaban J connectivity index is 2.29. The van der Waals surface area contributed by atoms with Gasteiger partial charge in [-0.3, -0.25) is 0 Å². The van der Waals surface area contributed by atoms with Gasteiger partial charge in [0.15, 0.2) is 10.8 Å². The molecule has 1 fully saturated rings. The third kappa shape index (κ3) is 2.79. The summed E-state index contributed by atoms with van der Waals surface area (Å²) in [5.74, 6) is 0.616. The summed E-state index contributed by atoms with van der Waals surface area (Å²) in [6.07, 6.45) is 2.36. The Bertz CT molecular complexity index is 485. The first-order valence-electron chi connectivity index (χ1n) is 4.33. The molecule has 0 atom stereocenters.